The molecule has 30 heavy (non-hydrogen) atoms. The highest BCUT2D eigenvalue weighted by Gasteiger charge is 2.33. The van der Waals surface area contributed by atoms with E-state index < -0.39 is 0 Å². The summed E-state index contributed by atoms with van der Waals surface area (Å²) in [6, 6.07) is 20.8. The molecule has 0 aromatic heterocycles. The molecule has 0 amide bonds. The van der Waals surface area contributed by atoms with Crippen molar-refractivity contribution in [2.24, 2.45) is 0 Å². The summed E-state index contributed by atoms with van der Waals surface area (Å²) in [5, 5.41) is 3.67. The number of anilines is 1. The van der Waals surface area contributed by atoms with Crippen LogP contribution in [0.2, 0.25) is 0 Å². The molecule has 1 atom stereocenters. The average molecular weight is 392 g/mol. The SMILES string of the molecule is CC1=CC(C)(C)Nc2ccc3c(c21)C(C#Cc1ccccc1)Oc1cccc(C)c1-3. The van der Waals surface area contributed by atoms with Crippen LogP contribution in [0.15, 0.2) is 66.7 Å². The molecule has 3 aromatic rings. The van der Waals surface area contributed by atoms with Gasteiger partial charge in [-0.05, 0) is 74.6 Å². The Kier molecular flexibility index (Phi) is 4.22. The van der Waals surface area contributed by atoms with Crippen LogP contribution in [-0.2, 0) is 0 Å². The predicted octanol–water partition coefficient (Wildman–Crippen LogP) is 6.75. The Morgan fingerprint density at radius 3 is 2.50 bits per heavy atom. The second-order valence-corrected chi connectivity index (χ2v) is 8.70. The summed E-state index contributed by atoms with van der Waals surface area (Å²) < 4.78 is 6.50. The summed E-state index contributed by atoms with van der Waals surface area (Å²) in [4.78, 5) is 0. The second-order valence-electron chi connectivity index (χ2n) is 8.70. The van der Waals surface area contributed by atoms with Crippen molar-refractivity contribution in [3.05, 3.63) is 89.0 Å². The predicted molar refractivity (Wildman–Crippen MR) is 125 cm³/mol. The van der Waals surface area contributed by atoms with Gasteiger partial charge in [0.2, 0.25) is 0 Å². The Labute approximate surface area is 178 Å². The van der Waals surface area contributed by atoms with Gasteiger partial charge in [0.15, 0.2) is 6.10 Å². The van der Waals surface area contributed by atoms with Gasteiger partial charge in [0.05, 0.1) is 5.54 Å². The standard InChI is InChI=1S/C28H25NO/c1-18-9-8-12-23-25(18)21-14-15-22-26(19(2)17-28(3,4)29-22)27(21)24(30-23)16-13-20-10-6-5-7-11-20/h5-12,14-15,17,24,29H,1-4H3. The van der Waals surface area contributed by atoms with E-state index in [0.29, 0.717) is 0 Å². The number of benzene rings is 3. The molecule has 2 heterocycles. The normalized spacial score (nSPS) is 17.7. The van der Waals surface area contributed by atoms with Gasteiger partial charge in [-0.3, -0.25) is 0 Å². The Balaban J connectivity index is 1.75. The van der Waals surface area contributed by atoms with Gasteiger partial charge in [0.25, 0.3) is 0 Å². The van der Waals surface area contributed by atoms with Gasteiger partial charge in [-0.1, -0.05) is 48.4 Å². The van der Waals surface area contributed by atoms with Crippen molar-refractivity contribution in [3.63, 3.8) is 0 Å². The Bertz CT molecular complexity index is 1240. The zero-order chi connectivity index (χ0) is 20.9. The Morgan fingerprint density at radius 2 is 1.70 bits per heavy atom. The molecule has 1 N–H and O–H groups in total. The molecule has 2 aliphatic heterocycles. The number of fused-ring (bicyclic) bond motifs is 5. The smallest absolute Gasteiger partial charge is 0.186 e. The highest BCUT2D eigenvalue weighted by Crippen LogP contribution is 2.49. The van der Waals surface area contributed by atoms with Gasteiger partial charge in [-0.15, -0.1) is 0 Å². The van der Waals surface area contributed by atoms with Crippen LogP contribution >= 0.6 is 0 Å². The van der Waals surface area contributed by atoms with Crippen LogP contribution in [0.1, 0.15) is 49.1 Å². The zero-order valence-corrected chi connectivity index (χ0v) is 17.8. The maximum atomic E-state index is 6.50. The van der Waals surface area contributed by atoms with E-state index in [4.69, 9.17) is 4.74 Å². The molecule has 2 heteroatoms. The van der Waals surface area contributed by atoms with Crippen LogP contribution in [0.25, 0.3) is 16.7 Å². The lowest BCUT2D eigenvalue weighted by atomic mass is 9.81. The first-order valence-electron chi connectivity index (χ1n) is 10.4. The summed E-state index contributed by atoms with van der Waals surface area (Å²) in [6.07, 6.45) is 1.97. The van der Waals surface area contributed by atoms with E-state index in [1.165, 1.54) is 27.8 Å². The number of ether oxygens (including phenoxy) is 1. The molecule has 3 aromatic carbocycles. The van der Waals surface area contributed by atoms with E-state index in [1.54, 1.807) is 0 Å². The summed E-state index contributed by atoms with van der Waals surface area (Å²) in [5.74, 6) is 7.65. The first-order valence-corrected chi connectivity index (χ1v) is 10.4. The first-order chi connectivity index (χ1) is 14.4. The van der Waals surface area contributed by atoms with E-state index in [-0.39, 0.29) is 11.6 Å². The third-order valence-electron chi connectivity index (χ3n) is 5.81. The molecule has 0 saturated carbocycles. The van der Waals surface area contributed by atoms with Gasteiger partial charge in [-0.25, -0.2) is 0 Å². The molecule has 5 rings (SSSR count). The van der Waals surface area contributed by atoms with Crippen LogP contribution in [0.3, 0.4) is 0 Å². The summed E-state index contributed by atoms with van der Waals surface area (Å²) in [5.41, 5.74) is 9.30. The number of rotatable bonds is 0. The lowest BCUT2D eigenvalue weighted by molar-refractivity contribution is 0.260. The minimum absolute atomic E-state index is 0.0835. The van der Waals surface area contributed by atoms with Crippen molar-refractivity contribution in [1.82, 2.24) is 0 Å². The fraction of sp³-hybridized carbons (Fsp3) is 0.214. The van der Waals surface area contributed by atoms with Crippen LogP contribution in [0, 0.1) is 18.8 Å². The van der Waals surface area contributed by atoms with Crippen LogP contribution in [0.4, 0.5) is 5.69 Å². The number of nitrogens with one attached hydrogen (secondary N) is 1. The number of hydrogen-bond donors (Lipinski definition) is 1. The maximum absolute atomic E-state index is 6.50. The van der Waals surface area contributed by atoms with Gasteiger partial charge in [0, 0.05) is 27.9 Å². The van der Waals surface area contributed by atoms with Gasteiger partial charge in [0.1, 0.15) is 5.75 Å². The van der Waals surface area contributed by atoms with Crippen molar-refractivity contribution < 1.29 is 4.74 Å². The Morgan fingerprint density at radius 1 is 0.900 bits per heavy atom. The minimum Gasteiger partial charge on any atom is -0.472 e. The fourth-order valence-corrected chi connectivity index (χ4v) is 4.68. The van der Waals surface area contributed by atoms with Gasteiger partial charge < -0.3 is 10.1 Å². The second kappa shape index (κ2) is 6.82. The molecule has 0 saturated heterocycles. The van der Waals surface area contributed by atoms with E-state index in [9.17, 15) is 0 Å². The third kappa shape index (κ3) is 3.08. The molecule has 1 unspecified atom stereocenters. The van der Waals surface area contributed by atoms with Crippen molar-refractivity contribution in [2.75, 3.05) is 5.32 Å². The molecule has 2 aliphatic rings. The zero-order valence-electron chi connectivity index (χ0n) is 17.8. The molecule has 0 fully saturated rings. The largest absolute Gasteiger partial charge is 0.472 e. The molecule has 0 bridgehead atoms. The molecular formula is C28H25NO. The quantitative estimate of drug-likeness (QED) is 0.428. The Hall–Kier alpha value is -3.44. The van der Waals surface area contributed by atoms with E-state index >= 15 is 0 Å². The van der Waals surface area contributed by atoms with Crippen molar-refractivity contribution >= 4 is 11.3 Å². The van der Waals surface area contributed by atoms with Crippen LogP contribution in [-0.4, -0.2) is 5.54 Å². The molecule has 148 valence electrons. The molecule has 0 aliphatic carbocycles. The summed E-state index contributed by atoms with van der Waals surface area (Å²) in [7, 11) is 0. The maximum Gasteiger partial charge on any atom is 0.186 e. The monoisotopic (exact) mass is 391 g/mol. The van der Waals surface area contributed by atoms with Crippen molar-refractivity contribution in [1.29, 1.82) is 0 Å². The summed E-state index contributed by atoms with van der Waals surface area (Å²) >= 11 is 0. The van der Waals surface area contributed by atoms with Crippen LogP contribution < -0.4 is 10.1 Å². The number of allylic oxidation sites excluding steroid dienone is 1. The van der Waals surface area contributed by atoms with E-state index in [2.05, 4.69) is 75.2 Å². The summed E-state index contributed by atoms with van der Waals surface area (Å²) in [6.45, 7) is 8.73. The lowest BCUT2D eigenvalue weighted by Gasteiger charge is -2.36. The van der Waals surface area contributed by atoms with E-state index in [0.717, 1.165) is 22.6 Å². The minimum atomic E-state index is -0.323. The molecule has 0 radical (unpaired) electrons. The van der Waals surface area contributed by atoms with Gasteiger partial charge >= 0.3 is 0 Å². The lowest BCUT2D eigenvalue weighted by Crippen LogP contribution is -2.32. The van der Waals surface area contributed by atoms with E-state index in [1.807, 2.05) is 36.4 Å². The number of hydrogen-bond acceptors (Lipinski definition) is 2. The number of aryl methyl sites for hydroxylation is 1. The molecule has 2 nitrogen and oxygen atoms in total. The first kappa shape index (κ1) is 18.6. The fourth-order valence-electron chi connectivity index (χ4n) is 4.68. The molecule has 0 spiro atoms. The van der Waals surface area contributed by atoms with Crippen LogP contribution in [0.5, 0.6) is 5.75 Å². The third-order valence-corrected chi connectivity index (χ3v) is 5.81. The topological polar surface area (TPSA) is 21.3 Å². The highest BCUT2D eigenvalue weighted by atomic mass is 16.5. The van der Waals surface area contributed by atoms with Gasteiger partial charge in [-0.2, -0.15) is 0 Å². The van der Waals surface area contributed by atoms with Crippen molar-refractivity contribution in [3.8, 4) is 28.7 Å². The molecular weight excluding hydrogens is 366 g/mol. The average Bonchev–Trinajstić information content (AvgIpc) is 2.71. The van der Waals surface area contributed by atoms with Crippen molar-refractivity contribution in [2.45, 2.75) is 39.3 Å². The highest BCUT2D eigenvalue weighted by molar-refractivity contribution is 5.91.